The van der Waals surface area contributed by atoms with Gasteiger partial charge in [0.25, 0.3) is 0 Å². The van der Waals surface area contributed by atoms with E-state index in [0.29, 0.717) is 0 Å². The molecule has 0 aromatic heterocycles. The fraction of sp³-hybridized carbons (Fsp3) is 0.429. The Labute approximate surface area is 151 Å². The molecule has 4 heteroatoms. The van der Waals surface area contributed by atoms with Crippen LogP contribution in [0.1, 0.15) is 18.1 Å². The Morgan fingerprint density at radius 3 is 2.20 bits per heavy atom. The van der Waals surface area contributed by atoms with E-state index < -0.39 is 0 Å². The molecule has 1 fully saturated rings. The van der Waals surface area contributed by atoms with Crippen molar-refractivity contribution in [1.82, 2.24) is 9.80 Å². The molecule has 25 heavy (non-hydrogen) atoms. The topological polar surface area (TPSA) is 24.9 Å². The molecular weight excluding hydrogens is 312 g/mol. The average Bonchev–Trinajstić information content (AvgIpc) is 2.67. The second-order valence-electron chi connectivity index (χ2n) is 6.60. The lowest BCUT2D eigenvalue weighted by atomic mass is 10.1. The van der Waals surface area contributed by atoms with Crippen LogP contribution in [0.15, 0.2) is 54.6 Å². The lowest BCUT2D eigenvalue weighted by Gasteiger charge is -2.33. The zero-order valence-corrected chi connectivity index (χ0v) is 15.2. The largest absolute Gasteiger partial charge is 0.493 e. The number of benzene rings is 2. The maximum atomic E-state index is 6.37. The van der Waals surface area contributed by atoms with Gasteiger partial charge >= 0.3 is 0 Å². The average molecular weight is 340 g/mol. The summed E-state index contributed by atoms with van der Waals surface area (Å²) in [5.74, 6) is 1.58. The quantitative estimate of drug-likeness (QED) is 0.771. The van der Waals surface area contributed by atoms with E-state index >= 15 is 0 Å². The van der Waals surface area contributed by atoms with Crippen LogP contribution in [0.25, 0.3) is 0 Å². The summed E-state index contributed by atoms with van der Waals surface area (Å²) in [6, 6.07) is 18.3. The summed E-state index contributed by atoms with van der Waals surface area (Å²) in [7, 11) is 3.87. The summed E-state index contributed by atoms with van der Waals surface area (Å²) < 4.78 is 11.8. The van der Waals surface area contributed by atoms with E-state index in [4.69, 9.17) is 9.47 Å². The van der Waals surface area contributed by atoms with Crippen molar-refractivity contribution in [3.63, 3.8) is 0 Å². The fourth-order valence-corrected chi connectivity index (χ4v) is 3.20. The van der Waals surface area contributed by atoms with Gasteiger partial charge in [-0.3, -0.25) is 0 Å². The fourth-order valence-electron chi connectivity index (χ4n) is 3.20. The highest BCUT2D eigenvalue weighted by Crippen LogP contribution is 2.32. The van der Waals surface area contributed by atoms with Crippen molar-refractivity contribution < 1.29 is 9.47 Å². The second-order valence-corrected chi connectivity index (χ2v) is 6.60. The summed E-state index contributed by atoms with van der Waals surface area (Å²) in [6.07, 6.45) is 0.989. The van der Waals surface area contributed by atoms with Crippen LogP contribution in [-0.4, -0.2) is 56.7 Å². The molecule has 1 atom stereocenters. The molecule has 0 amide bonds. The smallest absolute Gasteiger partial charge is 0.162 e. The van der Waals surface area contributed by atoms with Gasteiger partial charge in [0.2, 0.25) is 0 Å². The number of hydrogen-bond donors (Lipinski definition) is 0. The Balaban J connectivity index is 1.69. The third-order valence-electron chi connectivity index (χ3n) is 4.81. The SMILES string of the molecule is COc1ccccc1O[C@@H](CCN1CCN(C)CC1)c1ccccc1. The van der Waals surface area contributed by atoms with Gasteiger partial charge in [0.05, 0.1) is 7.11 Å². The molecule has 2 aromatic rings. The molecular formula is C21H28N2O2. The van der Waals surface area contributed by atoms with E-state index in [1.54, 1.807) is 7.11 Å². The molecule has 0 bridgehead atoms. The zero-order chi connectivity index (χ0) is 17.5. The Kier molecular flexibility index (Phi) is 6.31. The molecule has 1 aliphatic heterocycles. The summed E-state index contributed by atoms with van der Waals surface area (Å²) in [5.41, 5.74) is 1.21. The first-order valence-corrected chi connectivity index (χ1v) is 9.02. The van der Waals surface area contributed by atoms with Crippen LogP contribution in [0.5, 0.6) is 11.5 Å². The summed E-state index contributed by atoms with van der Waals surface area (Å²) in [6.45, 7) is 5.59. The lowest BCUT2D eigenvalue weighted by Crippen LogP contribution is -2.45. The molecule has 1 heterocycles. The molecule has 134 valence electrons. The van der Waals surface area contributed by atoms with Crippen LogP contribution in [-0.2, 0) is 0 Å². The van der Waals surface area contributed by atoms with Gasteiger partial charge in [-0.25, -0.2) is 0 Å². The van der Waals surface area contributed by atoms with Crippen molar-refractivity contribution in [3.8, 4) is 11.5 Å². The highest BCUT2D eigenvalue weighted by atomic mass is 16.5. The standard InChI is InChI=1S/C21H28N2O2/c1-22-14-16-23(17-15-22)13-12-19(18-8-4-3-5-9-18)25-21-11-7-6-10-20(21)24-2/h3-11,19H,12-17H2,1-2H3/t19-/m0/s1. The maximum absolute atomic E-state index is 6.37. The van der Waals surface area contributed by atoms with Gasteiger partial charge in [-0.05, 0) is 24.7 Å². The lowest BCUT2D eigenvalue weighted by molar-refractivity contribution is 0.122. The van der Waals surface area contributed by atoms with Gasteiger partial charge in [0.15, 0.2) is 11.5 Å². The Bertz CT molecular complexity index is 639. The van der Waals surface area contributed by atoms with Crippen molar-refractivity contribution in [2.75, 3.05) is 46.9 Å². The van der Waals surface area contributed by atoms with Crippen LogP contribution in [0.4, 0.5) is 0 Å². The summed E-state index contributed by atoms with van der Waals surface area (Å²) in [5, 5.41) is 0. The second kappa shape index (κ2) is 8.88. The molecule has 2 aromatic carbocycles. The molecule has 1 aliphatic rings. The predicted octanol–water partition coefficient (Wildman–Crippen LogP) is 3.45. The number of methoxy groups -OCH3 is 1. The molecule has 3 rings (SSSR count). The number of ether oxygens (including phenoxy) is 2. The van der Waals surface area contributed by atoms with E-state index in [9.17, 15) is 0 Å². The zero-order valence-electron chi connectivity index (χ0n) is 15.2. The molecule has 0 spiro atoms. The number of piperazine rings is 1. The molecule has 0 unspecified atom stereocenters. The van der Waals surface area contributed by atoms with Crippen molar-refractivity contribution in [3.05, 3.63) is 60.2 Å². The third kappa shape index (κ3) is 4.97. The van der Waals surface area contributed by atoms with Crippen molar-refractivity contribution >= 4 is 0 Å². The van der Waals surface area contributed by atoms with Gasteiger partial charge in [0, 0.05) is 39.1 Å². The minimum absolute atomic E-state index is 0.0251. The molecule has 0 radical (unpaired) electrons. The highest BCUT2D eigenvalue weighted by molar-refractivity contribution is 5.40. The van der Waals surface area contributed by atoms with Gasteiger partial charge in [-0.15, -0.1) is 0 Å². The molecule has 0 saturated carbocycles. The summed E-state index contributed by atoms with van der Waals surface area (Å²) >= 11 is 0. The van der Waals surface area contributed by atoms with Crippen molar-refractivity contribution in [2.24, 2.45) is 0 Å². The normalized spacial score (nSPS) is 17.2. The molecule has 0 N–H and O–H groups in total. The monoisotopic (exact) mass is 340 g/mol. The summed E-state index contributed by atoms with van der Waals surface area (Å²) in [4.78, 5) is 4.91. The van der Waals surface area contributed by atoms with Crippen LogP contribution in [0.2, 0.25) is 0 Å². The van der Waals surface area contributed by atoms with E-state index in [-0.39, 0.29) is 6.10 Å². The minimum atomic E-state index is 0.0251. The minimum Gasteiger partial charge on any atom is -0.493 e. The van der Waals surface area contributed by atoms with Gasteiger partial charge in [-0.1, -0.05) is 42.5 Å². The van der Waals surface area contributed by atoms with E-state index in [0.717, 1.165) is 50.6 Å². The van der Waals surface area contributed by atoms with Crippen LogP contribution < -0.4 is 9.47 Å². The number of hydrogen-bond acceptors (Lipinski definition) is 4. The van der Waals surface area contributed by atoms with E-state index in [1.807, 2.05) is 30.3 Å². The van der Waals surface area contributed by atoms with Crippen LogP contribution in [0, 0.1) is 0 Å². The first-order chi connectivity index (χ1) is 12.3. The number of rotatable bonds is 7. The first kappa shape index (κ1) is 17.8. The number of nitrogens with zero attached hydrogens (tertiary/aromatic N) is 2. The van der Waals surface area contributed by atoms with E-state index in [2.05, 4.69) is 41.1 Å². The van der Waals surface area contributed by atoms with Crippen LogP contribution in [0.3, 0.4) is 0 Å². The first-order valence-electron chi connectivity index (χ1n) is 9.02. The molecule has 0 aliphatic carbocycles. The Morgan fingerprint density at radius 2 is 1.52 bits per heavy atom. The maximum Gasteiger partial charge on any atom is 0.162 e. The third-order valence-corrected chi connectivity index (χ3v) is 4.81. The van der Waals surface area contributed by atoms with Gasteiger partial charge in [0.1, 0.15) is 6.10 Å². The van der Waals surface area contributed by atoms with Gasteiger partial charge in [-0.2, -0.15) is 0 Å². The molecule has 4 nitrogen and oxygen atoms in total. The van der Waals surface area contributed by atoms with E-state index in [1.165, 1.54) is 5.56 Å². The molecule has 1 saturated heterocycles. The van der Waals surface area contributed by atoms with Crippen LogP contribution >= 0.6 is 0 Å². The Morgan fingerprint density at radius 1 is 0.880 bits per heavy atom. The predicted molar refractivity (Wildman–Crippen MR) is 101 cm³/mol. The van der Waals surface area contributed by atoms with Crippen molar-refractivity contribution in [1.29, 1.82) is 0 Å². The Hall–Kier alpha value is -2.04. The van der Waals surface area contributed by atoms with Gasteiger partial charge < -0.3 is 19.3 Å². The number of likely N-dealkylation sites (N-methyl/N-ethyl adjacent to an activating group) is 1. The highest BCUT2D eigenvalue weighted by Gasteiger charge is 2.19. The number of para-hydroxylation sites is 2. The van der Waals surface area contributed by atoms with Crippen molar-refractivity contribution in [2.45, 2.75) is 12.5 Å².